The molecule has 1 aliphatic carbocycles. The van der Waals surface area contributed by atoms with Crippen LogP contribution < -0.4 is 0 Å². The van der Waals surface area contributed by atoms with E-state index in [-0.39, 0.29) is 11.4 Å². The zero-order valence-electron chi connectivity index (χ0n) is 5.94. The van der Waals surface area contributed by atoms with Crippen LogP contribution in [0.25, 0.3) is 0 Å². The number of esters is 1. The quantitative estimate of drug-likeness (QED) is 0.525. The van der Waals surface area contributed by atoms with Crippen LogP contribution in [0.4, 0.5) is 0 Å². The molecule has 0 N–H and O–H groups in total. The zero-order chi connectivity index (χ0) is 6.91. The Hall–Kier alpha value is -0.530. The van der Waals surface area contributed by atoms with Crippen molar-refractivity contribution in [2.45, 2.75) is 26.2 Å². The van der Waals surface area contributed by atoms with E-state index in [0.29, 0.717) is 0 Å². The molecule has 0 radical (unpaired) electrons. The largest absolute Gasteiger partial charge is 0.469 e. The van der Waals surface area contributed by atoms with Gasteiger partial charge in [0.05, 0.1) is 12.5 Å². The molecule has 1 fully saturated rings. The van der Waals surface area contributed by atoms with Crippen molar-refractivity contribution in [3.63, 3.8) is 0 Å². The highest BCUT2D eigenvalue weighted by molar-refractivity contribution is 5.79. The summed E-state index contributed by atoms with van der Waals surface area (Å²) in [4.78, 5) is 10.9. The number of rotatable bonds is 2. The summed E-state index contributed by atoms with van der Waals surface area (Å²) in [5.41, 5.74) is -0.0608. The first-order valence-electron chi connectivity index (χ1n) is 3.33. The third kappa shape index (κ3) is 0.934. The molecule has 0 heterocycles. The first-order valence-corrected chi connectivity index (χ1v) is 3.33. The smallest absolute Gasteiger partial charge is 0.311 e. The lowest BCUT2D eigenvalue weighted by atomic mass is 10.1. The van der Waals surface area contributed by atoms with Gasteiger partial charge in [-0.05, 0) is 19.3 Å². The Morgan fingerprint density at radius 2 is 2.22 bits per heavy atom. The number of methoxy groups -OCH3 is 1. The first kappa shape index (κ1) is 6.59. The molecule has 0 saturated heterocycles. The number of carbonyl (C=O) groups excluding carboxylic acids is 1. The molecule has 0 atom stereocenters. The molecule has 1 aliphatic rings. The summed E-state index contributed by atoms with van der Waals surface area (Å²) in [5, 5.41) is 0. The van der Waals surface area contributed by atoms with Crippen molar-refractivity contribution >= 4 is 5.97 Å². The summed E-state index contributed by atoms with van der Waals surface area (Å²) in [7, 11) is 1.46. The molecule has 0 aromatic rings. The van der Waals surface area contributed by atoms with Crippen LogP contribution >= 0.6 is 0 Å². The summed E-state index contributed by atoms with van der Waals surface area (Å²) in [5.74, 6) is -0.0231. The van der Waals surface area contributed by atoms with Crippen LogP contribution in [0.15, 0.2) is 0 Å². The second-order valence-corrected chi connectivity index (χ2v) is 2.63. The number of ether oxygens (including phenoxy) is 1. The van der Waals surface area contributed by atoms with Gasteiger partial charge in [0.15, 0.2) is 0 Å². The van der Waals surface area contributed by atoms with Gasteiger partial charge in [0.2, 0.25) is 0 Å². The van der Waals surface area contributed by atoms with Crippen molar-refractivity contribution in [3.05, 3.63) is 0 Å². The molecule has 1 rings (SSSR count). The normalized spacial score (nSPS) is 21.1. The Kier molecular flexibility index (Phi) is 1.47. The van der Waals surface area contributed by atoms with Gasteiger partial charge in [-0.3, -0.25) is 4.79 Å². The molecule has 0 spiro atoms. The molecule has 0 aromatic carbocycles. The fourth-order valence-corrected chi connectivity index (χ4v) is 1.07. The van der Waals surface area contributed by atoms with E-state index in [1.54, 1.807) is 0 Å². The number of hydrogen-bond acceptors (Lipinski definition) is 2. The van der Waals surface area contributed by atoms with Crippen LogP contribution in [0.3, 0.4) is 0 Å². The lowest BCUT2D eigenvalue weighted by Gasteiger charge is -2.07. The summed E-state index contributed by atoms with van der Waals surface area (Å²) in [6, 6.07) is 0. The van der Waals surface area contributed by atoms with E-state index in [4.69, 9.17) is 0 Å². The molecule has 2 heteroatoms. The summed E-state index contributed by atoms with van der Waals surface area (Å²) in [6.07, 6.45) is 2.98. The number of carbonyl (C=O) groups is 1. The van der Waals surface area contributed by atoms with E-state index < -0.39 is 0 Å². The van der Waals surface area contributed by atoms with Crippen molar-refractivity contribution in [1.29, 1.82) is 0 Å². The van der Waals surface area contributed by atoms with Crippen molar-refractivity contribution in [1.82, 2.24) is 0 Å². The molecule has 1 saturated carbocycles. The molecule has 9 heavy (non-hydrogen) atoms. The molecule has 2 nitrogen and oxygen atoms in total. The monoisotopic (exact) mass is 128 g/mol. The van der Waals surface area contributed by atoms with Gasteiger partial charge in [0.1, 0.15) is 0 Å². The first-order chi connectivity index (χ1) is 4.25. The van der Waals surface area contributed by atoms with Gasteiger partial charge in [0, 0.05) is 0 Å². The minimum absolute atomic E-state index is 0.0231. The Morgan fingerprint density at radius 3 is 2.33 bits per heavy atom. The van der Waals surface area contributed by atoms with Gasteiger partial charge in [-0.2, -0.15) is 0 Å². The highest BCUT2D eigenvalue weighted by Crippen LogP contribution is 2.49. The lowest BCUT2D eigenvalue weighted by molar-refractivity contribution is -0.147. The summed E-state index contributed by atoms with van der Waals surface area (Å²) < 4.78 is 4.63. The standard InChI is InChI=1S/C7H12O2/c1-3-7(4-5-7)6(8)9-2/h3-5H2,1-2H3. The molecule has 0 aliphatic heterocycles. The van der Waals surface area contributed by atoms with E-state index in [1.807, 2.05) is 6.92 Å². The van der Waals surface area contributed by atoms with E-state index in [1.165, 1.54) is 7.11 Å². The van der Waals surface area contributed by atoms with Gasteiger partial charge < -0.3 is 4.74 Å². The topological polar surface area (TPSA) is 26.3 Å². The van der Waals surface area contributed by atoms with E-state index >= 15 is 0 Å². The van der Waals surface area contributed by atoms with Crippen LogP contribution in [0.1, 0.15) is 26.2 Å². The van der Waals surface area contributed by atoms with Crippen LogP contribution in [0.5, 0.6) is 0 Å². The van der Waals surface area contributed by atoms with Crippen molar-refractivity contribution in [3.8, 4) is 0 Å². The van der Waals surface area contributed by atoms with E-state index in [9.17, 15) is 4.79 Å². The van der Waals surface area contributed by atoms with Crippen molar-refractivity contribution in [2.75, 3.05) is 7.11 Å². The molecular weight excluding hydrogens is 116 g/mol. The van der Waals surface area contributed by atoms with Gasteiger partial charge in [-0.15, -0.1) is 0 Å². The lowest BCUT2D eigenvalue weighted by Crippen LogP contribution is -2.15. The van der Waals surface area contributed by atoms with E-state index in [0.717, 1.165) is 19.3 Å². The maximum atomic E-state index is 10.9. The molecular formula is C7H12O2. The van der Waals surface area contributed by atoms with Crippen LogP contribution in [0.2, 0.25) is 0 Å². The fourth-order valence-electron chi connectivity index (χ4n) is 1.07. The Balaban J connectivity index is 2.49. The maximum Gasteiger partial charge on any atom is 0.311 e. The summed E-state index contributed by atoms with van der Waals surface area (Å²) >= 11 is 0. The molecule has 52 valence electrons. The highest BCUT2D eigenvalue weighted by Gasteiger charge is 2.49. The van der Waals surface area contributed by atoms with Crippen LogP contribution in [0, 0.1) is 5.41 Å². The molecule has 0 unspecified atom stereocenters. The van der Waals surface area contributed by atoms with Gasteiger partial charge in [-0.1, -0.05) is 6.92 Å². The average molecular weight is 128 g/mol. The van der Waals surface area contributed by atoms with E-state index in [2.05, 4.69) is 4.74 Å². The predicted octanol–water partition coefficient (Wildman–Crippen LogP) is 1.35. The van der Waals surface area contributed by atoms with Gasteiger partial charge in [0.25, 0.3) is 0 Å². The third-order valence-corrected chi connectivity index (χ3v) is 2.15. The second kappa shape index (κ2) is 2.01. The van der Waals surface area contributed by atoms with Crippen LogP contribution in [-0.2, 0) is 9.53 Å². The minimum atomic E-state index is -0.0608. The number of hydrogen-bond donors (Lipinski definition) is 0. The molecule has 0 amide bonds. The molecule has 0 bridgehead atoms. The Bertz CT molecular complexity index is 125. The van der Waals surface area contributed by atoms with Crippen molar-refractivity contribution in [2.24, 2.45) is 5.41 Å². The van der Waals surface area contributed by atoms with Crippen LogP contribution in [-0.4, -0.2) is 13.1 Å². The van der Waals surface area contributed by atoms with Gasteiger partial charge in [-0.25, -0.2) is 0 Å². The minimum Gasteiger partial charge on any atom is -0.469 e. The highest BCUT2D eigenvalue weighted by atomic mass is 16.5. The Morgan fingerprint density at radius 1 is 1.67 bits per heavy atom. The fraction of sp³-hybridized carbons (Fsp3) is 0.857. The predicted molar refractivity (Wildman–Crippen MR) is 34.0 cm³/mol. The van der Waals surface area contributed by atoms with Crippen molar-refractivity contribution < 1.29 is 9.53 Å². The maximum absolute atomic E-state index is 10.9. The molecule has 0 aromatic heterocycles. The third-order valence-electron chi connectivity index (χ3n) is 2.15. The average Bonchev–Trinajstić information content (AvgIpc) is 2.66. The zero-order valence-corrected chi connectivity index (χ0v) is 5.94. The Labute approximate surface area is 55.2 Å². The second-order valence-electron chi connectivity index (χ2n) is 2.63. The summed E-state index contributed by atoms with van der Waals surface area (Å²) in [6.45, 7) is 2.03. The SMILES string of the molecule is CCC1(C(=O)OC)CC1. The van der Waals surface area contributed by atoms with Gasteiger partial charge >= 0.3 is 5.97 Å².